The van der Waals surface area contributed by atoms with Crippen LogP contribution in [0.1, 0.15) is 23.2 Å². The number of sulfone groups is 1. The Hall–Kier alpha value is -1.67. The topological polar surface area (TPSA) is 92.3 Å². The van der Waals surface area contributed by atoms with Crippen LogP contribution < -0.4 is 10.9 Å². The van der Waals surface area contributed by atoms with E-state index in [1.807, 2.05) is 0 Å². The molecule has 6 nitrogen and oxygen atoms in total. The van der Waals surface area contributed by atoms with E-state index >= 15 is 0 Å². The van der Waals surface area contributed by atoms with Gasteiger partial charge in [-0.3, -0.25) is 20.4 Å². The standard InChI is InChI=1S/C13H14ClFN2O4S/c14-9-1-2-11(15)10(6-9)13(19)17-16-12(18)5-8-3-4-22(20,21)7-8/h1-2,6,8H,3-5,7H2,(H,16,18)(H,17,19)/t8-/m1/s1. The SMILES string of the molecule is O=C(C[C@H]1CCS(=O)(=O)C1)NNC(=O)c1cc(Cl)ccc1F. The number of halogens is 2. The number of hydrogen-bond acceptors (Lipinski definition) is 4. The van der Waals surface area contributed by atoms with Gasteiger partial charge in [0.2, 0.25) is 5.91 Å². The van der Waals surface area contributed by atoms with Crippen molar-refractivity contribution in [3.05, 3.63) is 34.6 Å². The predicted molar refractivity (Wildman–Crippen MR) is 78.4 cm³/mol. The molecule has 120 valence electrons. The Morgan fingerprint density at radius 1 is 1.32 bits per heavy atom. The van der Waals surface area contributed by atoms with Crippen LogP contribution in [-0.2, 0) is 14.6 Å². The zero-order chi connectivity index (χ0) is 16.3. The average Bonchev–Trinajstić information content (AvgIpc) is 2.78. The third-order valence-corrected chi connectivity index (χ3v) is 5.36. The van der Waals surface area contributed by atoms with E-state index < -0.39 is 27.5 Å². The lowest BCUT2D eigenvalue weighted by molar-refractivity contribution is -0.122. The molecule has 0 aliphatic carbocycles. The summed E-state index contributed by atoms with van der Waals surface area (Å²) in [5, 5.41) is 0.189. The van der Waals surface area contributed by atoms with Crippen LogP contribution in [-0.4, -0.2) is 31.7 Å². The highest BCUT2D eigenvalue weighted by molar-refractivity contribution is 7.91. The van der Waals surface area contributed by atoms with Gasteiger partial charge in [-0.15, -0.1) is 0 Å². The first-order valence-electron chi connectivity index (χ1n) is 6.51. The van der Waals surface area contributed by atoms with Crippen LogP contribution in [0.5, 0.6) is 0 Å². The molecule has 2 N–H and O–H groups in total. The summed E-state index contributed by atoms with van der Waals surface area (Å²) in [6.07, 6.45) is 0.407. The molecule has 0 bridgehead atoms. The van der Waals surface area contributed by atoms with E-state index in [4.69, 9.17) is 11.6 Å². The number of benzene rings is 1. The molecule has 2 rings (SSSR count). The minimum Gasteiger partial charge on any atom is -0.273 e. The molecular formula is C13H14ClFN2O4S. The molecule has 0 saturated carbocycles. The van der Waals surface area contributed by atoms with Gasteiger partial charge in [0.05, 0.1) is 17.1 Å². The number of nitrogens with one attached hydrogen (secondary N) is 2. The molecule has 0 unspecified atom stereocenters. The molecule has 0 aromatic heterocycles. The lowest BCUT2D eigenvalue weighted by Crippen LogP contribution is -2.42. The molecule has 0 spiro atoms. The van der Waals surface area contributed by atoms with Gasteiger partial charge in [0.15, 0.2) is 9.84 Å². The maximum absolute atomic E-state index is 13.5. The smallest absolute Gasteiger partial charge is 0.272 e. The van der Waals surface area contributed by atoms with Crippen molar-refractivity contribution < 1.29 is 22.4 Å². The van der Waals surface area contributed by atoms with Gasteiger partial charge < -0.3 is 0 Å². The van der Waals surface area contributed by atoms with Crippen molar-refractivity contribution >= 4 is 33.3 Å². The molecule has 1 aliphatic heterocycles. The van der Waals surface area contributed by atoms with Crippen molar-refractivity contribution in [3.63, 3.8) is 0 Å². The van der Waals surface area contributed by atoms with Crippen molar-refractivity contribution in [2.24, 2.45) is 5.92 Å². The van der Waals surface area contributed by atoms with Gasteiger partial charge in [-0.25, -0.2) is 12.8 Å². The summed E-state index contributed by atoms with van der Waals surface area (Å²) in [6.45, 7) is 0. The molecule has 22 heavy (non-hydrogen) atoms. The number of carbonyl (C=O) groups excluding carboxylic acids is 2. The van der Waals surface area contributed by atoms with Crippen molar-refractivity contribution in [1.29, 1.82) is 0 Å². The molecule has 0 radical (unpaired) electrons. The van der Waals surface area contributed by atoms with Gasteiger partial charge in [-0.05, 0) is 30.5 Å². The van der Waals surface area contributed by atoms with Crippen molar-refractivity contribution in [2.75, 3.05) is 11.5 Å². The maximum Gasteiger partial charge on any atom is 0.272 e. The van der Waals surface area contributed by atoms with Crippen LogP contribution in [0.25, 0.3) is 0 Å². The normalized spacial score (nSPS) is 19.6. The summed E-state index contributed by atoms with van der Waals surface area (Å²) in [5.74, 6) is -2.35. The second-order valence-electron chi connectivity index (χ2n) is 5.10. The summed E-state index contributed by atoms with van der Waals surface area (Å²) in [4.78, 5) is 23.4. The fraction of sp³-hybridized carbons (Fsp3) is 0.385. The zero-order valence-electron chi connectivity index (χ0n) is 11.4. The fourth-order valence-corrected chi connectivity index (χ4v) is 4.25. The molecule has 1 aromatic carbocycles. The van der Waals surface area contributed by atoms with Gasteiger partial charge in [0.1, 0.15) is 5.82 Å². The molecule has 1 aliphatic rings. The first kappa shape index (κ1) is 16.7. The molecule has 2 amide bonds. The van der Waals surface area contributed by atoms with Crippen LogP contribution in [0, 0.1) is 11.7 Å². The molecule has 1 atom stereocenters. The molecule has 1 saturated heterocycles. The summed E-state index contributed by atoms with van der Waals surface area (Å²) in [5.41, 5.74) is 3.92. The largest absolute Gasteiger partial charge is 0.273 e. The Balaban J connectivity index is 1.86. The van der Waals surface area contributed by atoms with Crippen LogP contribution >= 0.6 is 11.6 Å². The number of rotatable bonds is 3. The maximum atomic E-state index is 13.5. The summed E-state index contributed by atoms with van der Waals surface area (Å²) < 4.78 is 36.0. The first-order chi connectivity index (χ1) is 10.3. The van der Waals surface area contributed by atoms with Crippen LogP contribution in [0.3, 0.4) is 0 Å². The second kappa shape index (κ2) is 6.62. The third kappa shape index (κ3) is 4.41. The minimum atomic E-state index is -3.06. The number of amides is 2. The van der Waals surface area contributed by atoms with Gasteiger partial charge in [-0.2, -0.15) is 0 Å². The molecule has 1 heterocycles. The van der Waals surface area contributed by atoms with E-state index in [0.29, 0.717) is 6.42 Å². The van der Waals surface area contributed by atoms with E-state index in [1.165, 1.54) is 6.07 Å². The summed E-state index contributed by atoms with van der Waals surface area (Å²) in [6, 6.07) is 3.48. The Morgan fingerprint density at radius 3 is 2.68 bits per heavy atom. The van der Waals surface area contributed by atoms with Gasteiger partial charge in [0.25, 0.3) is 5.91 Å². The van der Waals surface area contributed by atoms with Crippen LogP contribution in [0.4, 0.5) is 4.39 Å². The quantitative estimate of drug-likeness (QED) is 0.799. The highest BCUT2D eigenvalue weighted by atomic mass is 35.5. The highest BCUT2D eigenvalue weighted by Crippen LogP contribution is 2.21. The van der Waals surface area contributed by atoms with E-state index in [0.717, 1.165) is 12.1 Å². The third-order valence-electron chi connectivity index (χ3n) is 3.29. The van der Waals surface area contributed by atoms with Crippen LogP contribution in [0.2, 0.25) is 5.02 Å². The van der Waals surface area contributed by atoms with Gasteiger partial charge >= 0.3 is 0 Å². The van der Waals surface area contributed by atoms with E-state index in [9.17, 15) is 22.4 Å². The minimum absolute atomic E-state index is 0.0163. The Morgan fingerprint density at radius 2 is 2.05 bits per heavy atom. The van der Waals surface area contributed by atoms with E-state index in [1.54, 1.807) is 0 Å². The molecule has 1 aromatic rings. The van der Waals surface area contributed by atoms with Crippen molar-refractivity contribution in [2.45, 2.75) is 12.8 Å². The number of hydrogen-bond donors (Lipinski definition) is 2. The Kier molecular flexibility index (Phi) is 5.02. The summed E-state index contributed by atoms with van der Waals surface area (Å²) >= 11 is 5.67. The fourth-order valence-electron chi connectivity index (χ4n) is 2.21. The van der Waals surface area contributed by atoms with E-state index in [2.05, 4.69) is 10.9 Å². The van der Waals surface area contributed by atoms with Crippen molar-refractivity contribution in [3.8, 4) is 0 Å². The van der Waals surface area contributed by atoms with Gasteiger partial charge in [-0.1, -0.05) is 11.6 Å². The monoisotopic (exact) mass is 348 g/mol. The lowest BCUT2D eigenvalue weighted by Gasteiger charge is -2.10. The van der Waals surface area contributed by atoms with Gasteiger partial charge in [0, 0.05) is 11.4 Å². The summed E-state index contributed by atoms with van der Waals surface area (Å²) in [7, 11) is -3.06. The predicted octanol–water partition coefficient (Wildman–Crippen LogP) is 1.06. The second-order valence-corrected chi connectivity index (χ2v) is 7.76. The lowest BCUT2D eigenvalue weighted by atomic mass is 10.1. The van der Waals surface area contributed by atoms with E-state index in [-0.39, 0.29) is 34.4 Å². The number of carbonyl (C=O) groups is 2. The van der Waals surface area contributed by atoms with Crippen molar-refractivity contribution in [1.82, 2.24) is 10.9 Å². The molecule has 1 fully saturated rings. The first-order valence-corrected chi connectivity index (χ1v) is 8.71. The Bertz CT molecular complexity index is 708. The highest BCUT2D eigenvalue weighted by Gasteiger charge is 2.29. The average molecular weight is 349 g/mol. The zero-order valence-corrected chi connectivity index (χ0v) is 13.0. The van der Waals surface area contributed by atoms with Crippen LogP contribution in [0.15, 0.2) is 18.2 Å². The Labute approximate surface area is 131 Å². The molecule has 9 heteroatoms. The molecular weight excluding hydrogens is 335 g/mol. The number of hydrazine groups is 1.